The molecule has 1 unspecified atom stereocenters. The van der Waals surface area contributed by atoms with E-state index < -0.39 is 0 Å². The first-order valence-electron chi connectivity index (χ1n) is 5.95. The number of hydrogen-bond acceptors (Lipinski definition) is 3. The Morgan fingerprint density at radius 1 is 1.56 bits per heavy atom. The Bertz CT molecular complexity index is 488. The molecule has 2 heterocycles. The van der Waals surface area contributed by atoms with Gasteiger partial charge in [-0.3, -0.25) is 14.5 Å². The molecule has 2 rings (SSSR count). The Hall–Kier alpha value is -1.23. The van der Waals surface area contributed by atoms with E-state index in [0.717, 1.165) is 0 Å². The van der Waals surface area contributed by atoms with Gasteiger partial charge in [0, 0.05) is 24.7 Å². The number of nitrogens with zero attached hydrogens (tertiary/aromatic N) is 2. The van der Waals surface area contributed by atoms with Crippen molar-refractivity contribution in [3.63, 3.8) is 0 Å². The molecule has 96 valence electrons. The largest absolute Gasteiger partial charge is 0.278 e. The van der Waals surface area contributed by atoms with Gasteiger partial charge < -0.3 is 0 Å². The highest BCUT2D eigenvalue weighted by atomic mass is 79.9. The van der Waals surface area contributed by atoms with Crippen LogP contribution in [0, 0.1) is 11.8 Å². The molecule has 2 amide bonds. The third-order valence-electron chi connectivity index (χ3n) is 3.32. The van der Waals surface area contributed by atoms with E-state index >= 15 is 0 Å². The maximum Gasteiger partial charge on any atom is 0.260 e. The molecule has 1 aromatic heterocycles. The molecule has 4 nitrogen and oxygen atoms in total. The van der Waals surface area contributed by atoms with Crippen molar-refractivity contribution in [1.29, 1.82) is 0 Å². The second kappa shape index (κ2) is 5.18. The van der Waals surface area contributed by atoms with E-state index in [-0.39, 0.29) is 17.7 Å². The molecule has 18 heavy (non-hydrogen) atoms. The zero-order valence-corrected chi connectivity index (χ0v) is 12.0. The van der Waals surface area contributed by atoms with E-state index in [1.165, 1.54) is 4.90 Å². The second-order valence-corrected chi connectivity index (χ2v) is 5.70. The van der Waals surface area contributed by atoms with Gasteiger partial charge in [0.25, 0.3) is 5.91 Å². The quantitative estimate of drug-likeness (QED) is 0.623. The van der Waals surface area contributed by atoms with Crippen LogP contribution in [0.3, 0.4) is 0 Å². The zero-order valence-electron chi connectivity index (χ0n) is 10.4. The number of likely N-dealkylation sites (tertiary alicyclic amines) is 1. The maximum atomic E-state index is 12.2. The lowest BCUT2D eigenvalue weighted by atomic mass is 9.95. The Labute approximate surface area is 115 Å². The van der Waals surface area contributed by atoms with E-state index in [1.807, 2.05) is 0 Å². The van der Waals surface area contributed by atoms with Gasteiger partial charge in [-0.05, 0) is 39.9 Å². The summed E-state index contributed by atoms with van der Waals surface area (Å²) >= 11 is 3.22. The van der Waals surface area contributed by atoms with Crippen molar-refractivity contribution in [2.45, 2.75) is 20.3 Å². The van der Waals surface area contributed by atoms with Crippen molar-refractivity contribution in [2.24, 2.45) is 11.8 Å². The summed E-state index contributed by atoms with van der Waals surface area (Å²) in [5, 5.41) is 0. The van der Waals surface area contributed by atoms with E-state index in [4.69, 9.17) is 0 Å². The summed E-state index contributed by atoms with van der Waals surface area (Å²) in [4.78, 5) is 29.4. The van der Waals surface area contributed by atoms with Crippen LogP contribution in [0.1, 0.15) is 30.6 Å². The first kappa shape index (κ1) is 13.2. The molecular weight excluding hydrogens is 296 g/mol. The number of imide groups is 1. The van der Waals surface area contributed by atoms with Gasteiger partial charge in [-0.15, -0.1) is 0 Å². The number of amides is 2. The number of halogens is 1. The number of carbonyl (C=O) groups excluding carboxylic acids is 2. The normalized spacial score (nSPS) is 19.7. The summed E-state index contributed by atoms with van der Waals surface area (Å²) in [5.41, 5.74) is 0.495. The lowest BCUT2D eigenvalue weighted by Gasteiger charge is -2.16. The minimum Gasteiger partial charge on any atom is -0.278 e. The molecule has 0 bridgehead atoms. The van der Waals surface area contributed by atoms with Gasteiger partial charge in [0.1, 0.15) is 4.60 Å². The van der Waals surface area contributed by atoms with Crippen LogP contribution in [0.25, 0.3) is 0 Å². The van der Waals surface area contributed by atoms with Crippen LogP contribution in [0.2, 0.25) is 0 Å². The standard InChI is InChI=1S/C13H15BrN2O2/c1-8(2)10-6-12(17)16(7-10)13(18)9-3-4-15-11(14)5-9/h3-5,8,10H,6-7H2,1-2H3. The van der Waals surface area contributed by atoms with Crippen LogP contribution < -0.4 is 0 Å². The average Bonchev–Trinajstić information content (AvgIpc) is 2.70. The molecule has 0 aromatic carbocycles. The molecule has 0 saturated carbocycles. The zero-order chi connectivity index (χ0) is 13.3. The van der Waals surface area contributed by atoms with Crippen LogP contribution in [-0.2, 0) is 4.79 Å². The molecule has 1 fully saturated rings. The van der Waals surface area contributed by atoms with Gasteiger partial charge in [0.2, 0.25) is 5.91 Å². The maximum absolute atomic E-state index is 12.2. The van der Waals surface area contributed by atoms with Gasteiger partial charge in [-0.25, -0.2) is 4.98 Å². The third kappa shape index (κ3) is 2.61. The predicted octanol–water partition coefficient (Wildman–Crippen LogP) is 2.49. The fraction of sp³-hybridized carbons (Fsp3) is 0.462. The van der Waals surface area contributed by atoms with Crippen LogP contribution >= 0.6 is 15.9 Å². The van der Waals surface area contributed by atoms with Crippen molar-refractivity contribution in [3.05, 3.63) is 28.5 Å². The number of rotatable bonds is 2. The van der Waals surface area contributed by atoms with Crippen molar-refractivity contribution < 1.29 is 9.59 Å². The van der Waals surface area contributed by atoms with E-state index in [9.17, 15) is 9.59 Å². The monoisotopic (exact) mass is 310 g/mol. The molecule has 1 aromatic rings. The summed E-state index contributed by atoms with van der Waals surface area (Å²) in [7, 11) is 0. The molecule has 0 N–H and O–H groups in total. The third-order valence-corrected chi connectivity index (χ3v) is 3.75. The first-order valence-corrected chi connectivity index (χ1v) is 6.74. The van der Waals surface area contributed by atoms with Gasteiger partial charge in [-0.2, -0.15) is 0 Å². The van der Waals surface area contributed by atoms with Crippen molar-refractivity contribution in [2.75, 3.05) is 6.54 Å². The lowest BCUT2D eigenvalue weighted by molar-refractivity contribution is -0.125. The van der Waals surface area contributed by atoms with Crippen LogP contribution in [0.5, 0.6) is 0 Å². The summed E-state index contributed by atoms with van der Waals surface area (Å²) in [6.07, 6.45) is 2.02. The summed E-state index contributed by atoms with van der Waals surface area (Å²) in [6.45, 7) is 4.68. The minimum absolute atomic E-state index is 0.0772. The number of aromatic nitrogens is 1. The first-order chi connectivity index (χ1) is 8.49. The Morgan fingerprint density at radius 2 is 2.28 bits per heavy atom. The number of pyridine rings is 1. The molecule has 0 radical (unpaired) electrons. The number of carbonyl (C=O) groups is 2. The molecule has 1 aliphatic heterocycles. The highest BCUT2D eigenvalue weighted by molar-refractivity contribution is 9.10. The molecule has 0 aliphatic carbocycles. The number of hydrogen-bond donors (Lipinski definition) is 0. The average molecular weight is 311 g/mol. The van der Waals surface area contributed by atoms with Crippen molar-refractivity contribution in [1.82, 2.24) is 9.88 Å². The van der Waals surface area contributed by atoms with E-state index in [2.05, 4.69) is 34.8 Å². The molecule has 1 aliphatic rings. The second-order valence-electron chi connectivity index (χ2n) is 4.88. The fourth-order valence-electron chi connectivity index (χ4n) is 2.07. The summed E-state index contributed by atoms with van der Waals surface area (Å²) < 4.78 is 0.598. The van der Waals surface area contributed by atoms with E-state index in [0.29, 0.717) is 29.1 Å². The molecular formula is C13H15BrN2O2. The van der Waals surface area contributed by atoms with Crippen LogP contribution in [0.4, 0.5) is 0 Å². The van der Waals surface area contributed by atoms with Gasteiger partial charge in [0.05, 0.1) is 0 Å². The van der Waals surface area contributed by atoms with Gasteiger partial charge in [0.15, 0.2) is 0 Å². The SMILES string of the molecule is CC(C)C1CC(=O)N(C(=O)c2ccnc(Br)c2)C1. The topological polar surface area (TPSA) is 50.3 Å². The fourth-order valence-corrected chi connectivity index (χ4v) is 2.43. The van der Waals surface area contributed by atoms with E-state index in [1.54, 1.807) is 18.3 Å². The van der Waals surface area contributed by atoms with Gasteiger partial charge in [-0.1, -0.05) is 13.8 Å². The van der Waals surface area contributed by atoms with Crippen molar-refractivity contribution >= 4 is 27.7 Å². The Morgan fingerprint density at radius 3 is 2.83 bits per heavy atom. The van der Waals surface area contributed by atoms with Crippen LogP contribution in [-0.4, -0.2) is 28.2 Å². The molecule has 5 heteroatoms. The smallest absolute Gasteiger partial charge is 0.260 e. The summed E-state index contributed by atoms with van der Waals surface area (Å²) in [6, 6.07) is 3.27. The molecule has 1 saturated heterocycles. The summed E-state index contributed by atoms with van der Waals surface area (Å²) in [5.74, 6) is 0.375. The minimum atomic E-state index is -0.230. The van der Waals surface area contributed by atoms with Crippen LogP contribution in [0.15, 0.2) is 22.9 Å². The highest BCUT2D eigenvalue weighted by Crippen LogP contribution is 2.26. The Kier molecular flexibility index (Phi) is 3.80. The predicted molar refractivity (Wildman–Crippen MR) is 70.9 cm³/mol. The van der Waals surface area contributed by atoms with Gasteiger partial charge >= 0.3 is 0 Å². The lowest BCUT2D eigenvalue weighted by Crippen LogP contribution is -2.32. The van der Waals surface area contributed by atoms with Crippen molar-refractivity contribution in [3.8, 4) is 0 Å². The molecule has 0 spiro atoms. The Balaban J connectivity index is 2.17. The highest BCUT2D eigenvalue weighted by Gasteiger charge is 2.35. The molecule has 1 atom stereocenters.